The third-order valence-electron chi connectivity index (χ3n) is 2.79. The quantitative estimate of drug-likeness (QED) is 0.831. The highest BCUT2D eigenvalue weighted by Gasteiger charge is 2.06. The van der Waals surface area contributed by atoms with E-state index < -0.39 is 0 Å². The average molecular weight is 355 g/mol. The van der Waals surface area contributed by atoms with Gasteiger partial charge in [0.15, 0.2) is 0 Å². The number of anilines is 2. The first-order chi connectivity index (χ1) is 8.60. The van der Waals surface area contributed by atoms with Crippen LogP contribution in [0.15, 0.2) is 24.4 Å². The normalized spacial score (nSPS) is 10.7. The topological polar surface area (TPSA) is 29.9 Å². The van der Waals surface area contributed by atoms with Gasteiger partial charge in [0, 0.05) is 22.0 Å². The van der Waals surface area contributed by atoms with Gasteiger partial charge in [0.1, 0.15) is 0 Å². The zero-order chi connectivity index (χ0) is 13.1. The molecule has 0 amide bonds. The molecular weight excluding hydrogens is 337 g/mol. The molecule has 0 spiro atoms. The van der Waals surface area contributed by atoms with Crippen molar-refractivity contribution >= 4 is 34.2 Å². The van der Waals surface area contributed by atoms with Crippen LogP contribution in [0.25, 0.3) is 0 Å². The molecule has 18 heavy (non-hydrogen) atoms. The lowest BCUT2D eigenvalue weighted by atomic mass is 10.2. The Morgan fingerprint density at radius 3 is 2.78 bits per heavy atom. The van der Waals surface area contributed by atoms with Gasteiger partial charge in [0.05, 0.1) is 5.69 Å². The fraction of sp³-hybridized carbons (Fsp3) is 0.357. The maximum atomic E-state index is 4.53. The number of nitrogens with one attached hydrogen (secondary N) is 1. The molecule has 0 atom stereocenters. The monoisotopic (exact) mass is 355 g/mol. The number of hydrogen-bond donors (Lipinski definition) is 1. The van der Waals surface area contributed by atoms with Crippen molar-refractivity contribution in [2.75, 3.05) is 5.32 Å². The van der Waals surface area contributed by atoms with Crippen LogP contribution in [0, 0.1) is 17.4 Å². The van der Waals surface area contributed by atoms with E-state index >= 15 is 0 Å². The van der Waals surface area contributed by atoms with E-state index in [0.717, 1.165) is 30.3 Å². The van der Waals surface area contributed by atoms with Gasteiger partial charge in [-0.3, -0.25) is 0 Å². The summed E-state index contributed by atoms with van der Waals surface area (Å²) in [5, 5.41) is 3.39. The zero-order valence-corrected chi connectivity index (χ0v) is 13.2. The van der Waals surface area contributed by atoms with Crippen molar-refractivity contribution < 1.29 is 0 Å². The van der Waals surface area contributed by atoms with Gasteiger partial charge in [-0.2, -0.15) is 0 Å². The highest BCUT2D eigenvalue weighted by atomic mass is 127. The third-order valence-corrected chi connectivity index (χ3v) is 3.95. The van der Waals surface area contributed by atoms with E-state index in [-0.39, 0.29) is 0 Å². The van der Waals surface area contributed by atoms with Crippen molar-refractivity contribution in [1.29, 1.82) is 0 Å². The summed E-state index contributed by atoms with van der Waals surface area (Å²) in [5.74, 6) is 0.925. The molecule has 0 unspecified atom stereocenters. The number of benzene rings is 1. The number of hydrogen-bond acceptors (Lipinski definition) is 2. The zero-order valence-electron chi connectivity index (χ0n) is 11.0. The maximum absolute atomic E-state index is 4.53. The van der Waals surface area contributed by atoms with Crippen LogP contribution in [0.4, 0.5) is 11.6 Å². The lowest BCUT2D eigenvalue weighted by Crippen LogP contribution is -2.03. The van der Waals surface area contributed by atoms with Crippen LogP contribution < -0.4 is 5.32 Å². The van der Waals surface area contributed by atoms with E-state index in [1.807, 2.05) is 6.92 Å². The highest BCUT2D eigenvalue weighted by molar-refractivity contribution is 14.1. The molecular formula is C14H18IN3. The number of nitrogens with zero attached hydrogens (tertiary/aromatic N) is 2. The van der Waals surface area contributed by atoms with Crippen LogP contribution in [0.5, 0.6) is 0 Å². The molecule has 1 N–H and O–H groups in total. The van der Waals surface area contributed by atoms with Gasteiger partial charge in [-0.05, 0) is 60.6 Å². The van der Waals surface area contributed by atoms with Gasteiger partial charge >= 0.3 is 0 Å². The molecule has 0 aliphatic rings. The number of halogens is 1. The lowest BCUT2D eigenvalue weighted by Gasteiger charge is -2.09. The molecule has 0 saturated heterocycles. The Morgan fingerprint density at radius 2 is 2.11 bits per heavy atom. The van der Waals surface area contributed by atoms with Crippen LogP contribution >= 0.6 is 22.6 Å². The second kappa shape index (κ2) is 5.73. The van der Waals surface area contributed by atoms with Crippen molar-refractivity contribution in [3.63, 3.8) is 0 Å². The standard InChI is InChI=1S/C14H18IN3/c1-4-7-18-9-11(3)16-14(18)17-12-6-5-10(2)13(15)8-12/h5-6,8-9H,4,7H2,1-3H3,(H,16,17). The van der Waals surface area contributed by atoms with E-state index in [4.69, 9.17) is 0 Å². The molecule has 2 aromatic rings. The Bertz CT molecular complexity index is 546. The van der Waals surface area contributed by atoms with Crippen LogP contribution in [-0.2, 0) is 6.54 Å². The Kier molecular flexibility index (Phi) is 4.27. The van der Waals surface area contributed by atoms with Crippen molar-refractivity contribution in [2.24, 2.45) is 0 Å². The van der Waals surface area contributed by atoms with E-state index in [1.54, 1.807) is 0 Å². The molecule has 0 aliphatic carbocycles. The Labute approximate surface area is 122 Å². The molecule has 0 bridgehead atoms. The predicted octanol–water partition coefficient (Wildman–Crippen LogP) is 4.26. The number of rotatable bonds is 4. The molecule has 1 aromatic heterocycles. The Hall–Kier alpha value is -1.04. The number of aromatic nitrogens is 2. The van der Waals surface area contributed by atoms with Gasteiger partial charge in [0.25, 0.3) is 0 Å². The molecule has 4 heteroatoms. The van der Waals surface area contributed by atoms with Crippen LogP contribution in [0.1, 0.15) is 24.6 Å². The first kappa shape index (κ1) is 13.4. The highest BCUT2D eigenvalue weighted by Crippen LogP contribution is 2.21. The van der Waals surface area contributed by atoms with Crippen molar-refractivity contribution in [1.82, 2.24) is 9.55 Å². The summed E-state index contributed by atoms with van der Waals surface area (Å²) < 4.78 is 3.44. The maximum Gasteiger partial charge on any atom is 0.207 e. The Balaban J connectivity index is 2.24. The minimum absolute atomic E-state index is 0.925. The van der Waals surface area contributed by atoms with Gasteiger partial charge in [-0.25, -0.2) is 4.98 Å². The summed E-state index contributed by atoms with van der Waals surface area (Å²) in [7, 11) is 0. The molecule has 96 valence electrons. The second-order valence-corrected chi connectivity index (χ2v) is 5.65. The molecule has 0 radical (unpaired) electrons. The number of aryl methyl sites for hydroxylation is 3. The van der Waals surface area contributed by atoms with E-state index in [9.17, 15) is 0 Å². The smallest absolute Gasteiger partial charge is 0.207 e. The van der Waals surface area contributed by atoms with E-state index in [2.05, 4.69) is 75.7 Å². The summed E-state index contributed by atoms with van der Waals surface area (Å²) in [6.45, 7) is 7.31. The molecule has 1 aromatic carbocycles. The minimum Gasteiger partial charge on any atom is -0.326 e. The molecule has 2 rings (SSSR count). The van der Waals surface area contributed by atoms with E-state index in [1.165, 1.54) is 9.13 Å². The Morgan fingerprint density at radius 1 is 1.33 bits per heavy atom. The lowest BCUT2D eigenvalue weighted by molar-refractivity contribution is 0.686. The summed E-state index contributed by atoms with van der Waals surface area (Å²) in [5.41, 5.74) is 3.44. The molecule has 0 saturated carbocycles. The molecule has 0 fully saturated rings. The van der Waals surface area contributed by atoms with Gasteiger partial charge in [-0.15, -0.1) is 0 Å². The molecule has 0 aliphatic heterocycles. The molecule has 3 nitrogen and oxygen atoms in total. The summed E-state index contributed by atoms with van der Waals surface area (Å²) in [6, 6.07) is 6.37. The average Bonchev–Trinajstić information content (AvgIpc) is 2.65. The van der Waals surface area contributed by atoms with Crippen LogP contribution in [0.2, 0.25) is 0 Å². The fourth-order valence-electron chi connectivity index (χ4n) is 1.86. The minimum atomic E-state index is 0.925. The van der Waals surface area contributed by atoms with Gasteiger partial charge in [-0.1, -0.05) is 13.0 Å². The van der Waals surface area contributed by atoms with Crippen LogP contribution in [-0.4, -0.2) is 9.55 Å². The van der Waals surface area contributed by atoms with E-state index in [0.29, 0.717) is 0 Å². The predicted molar refractivity (Wildman–Crippen MR) is 84.4 cm³/mol. The first-order valence-electron chi connectivity index (χ1n) is 6.17. The van der Waals surface area contributed by atoms with Gasteiger partial charge in [0.2, 0.25) is 5.95 Å². The first-order valence-corrected chi connectivity index (χ1v) is 7.25. The third kappa shape index (κ3) is 3.04. The number of imidazole rings is 1. The second-order valence-electron chi connectivity index (χ2n) is 4.49. The summed E-state index contributed by atoms with van der Waals surface area (Å²) >= 11 is 2.36. The van der Waals surface area contributed by atoms with Crippen molar-refractivity contribution in [3.05, 3.63) is 39.2 Å². The van der Waals surface area contributed by atoms with Crippen LogP contribution in [0.3, 0.4) is 0 Å². The summed E-state index contributed by atoms with van der Waals surface area (Å²) in [6.07, 6.45) is 3.20. The largest absolute Gasteiger partial charge is 0.326 e. The molecule has 1 heterocycles. The fourth-order valence-corrected chi connectivity index (χ4v) is 2.37. The van der Waals surface area contributed by atoms with Crippen molar-refractivity contribution in [2.45, 2.75) is 33.7 Å². The van der Waals surface area contributed by atoms with Gasteiger partial charge < -0.3 is 9.88 Å². The SMILES string of the molecule is CCCn1cc(C)nc1Nc1ccc(C)c(I)c1. The summed E-state index contributed by atoms with van der Waals surface area (Å²) in [4.78, 5) is 4.53. The van der Waals surface area contributed by atoms with Crippen molar-refractivity contribution in [3.8, 4) is 0 Å².